The first-order chi connectivity index (χ1) is 18.0. The van der Waals surface area contributed by atoms with Crippen molar-refractivity contribution in [3.05, 3.63) is 22.3 Å². The van der Waals surface area contributed by atoms with Crippen LogP contribution in [0.3, 0.4) is 0 Å². The molecule has 0 aliphatic carbocycles. The zero-order chi connectivity index (χ0) is 27.9. The summed E-state index contributed by atoms with van der Waals surface area (Å²) in [5.74, 6) is 4.12. The van der Waals surface area contributed by atoms with Crippen LogP contribution in [-0.4, -0.2) is 24.2 Å². The van der Waals surface area contributed by atoms with Crippen molar-refractivity contribution in [2.45, 2.75) is 151 Å². The molecule has 1 aromatic carbocycles. The molecular formula is C34H57NO3. The highest BCUT2D eigenvalue weighted by molar-refractivity contribution is 5.80. The van der Waals surface area contributed by atoms with E-state index in [-0.39, 0.29) is 17.6 Å². The van der Waals surface area contributed by atoms with Gasteiger partial charge in [-0.25, -0.2) is 4.79 Å². The van der Waals surface area contributed by atoms with E-state index in [0.29, 0.717) is 0 Å². The van der Waals surface area contributed by atoms with Gasteiger partial charge in [0, 0.05) is 5.56 Å². The van der Waals surface area contributed by atoms with Crippen molar-refractivity contribution in [2.24, 2.45) is 17.8 Å². The summed E-state index contributed by atoms with van der Waals surface area (Å²) in [6, 6.07) is -0.176. The SMILES string of the molecule is Cc1c(C)c2c(c(C)c1OC(=O)C1CCCN1)CC[C@@](C)(CCC[C@H](C)CCC[C@H](C)CCCC(C)C)O2. The van der Waals surface area contributed by atoms with E-state index in [2.05, 4.69) is 60.7 Å². The van der Waals surface area contributed by atoms with Gasteiger partial charge in [-0.15, -0.1) is 0 Å². The van der Waals surface area contributed by atoms with Crippen LogP contribution in [0.25, 0.3) is 0 Å². The van der Waals surface area contributed by atoms with E-state index in [1.807, 2.05) is 0 Å². The maximum Gasteiger partial charge on any atom is 0.328 e. The van der Waals surface area contributed by atoms with E-state index >= 15 is 0 Å². The first-order valence-electron chi connectivity index (χ1n) is 15.8. The van der Waals surface area contributed by atoms with Crippen molar-refractivity contribution in [3.8, 4) is 11.5 Å². The number of fused-ring (bicyclic) bond motifs is 1. The van der Waals surface area contributed by atoms with Gasteiger partial charge in [-0.05, 0) is 107 Å². The van der Waals surface area contributed by atoms with E-state index in [1.165, 1.54) is 56.9 Å². The number of nitrogens with one attached hydrogen (secondary N) is 1. The molecular weight excluding hydrogens is 470 g/mol. The van der Waals surface area contributed by atoms with Gasteiger partial charge in [-0.2, -0.15) is 0 Å². The van der Waals surface area contributed by atoms with Gasteiger partial charge >= 0.3 is 5.97 Å². The summed E-state index contributed by atoms with van der Waals surface area (Å²) in [6.07, 6.45) is 15.8. The van der Waals surface area contributed by atoms with E-state index in [4.69, 9.17) is 9.47 Å². The number of hydrogen-bond donors (Lipinski definition) is 1. The fourth-order valence-corrected chi connectivity index (χ4v) is 6.47. The van der Waals surface area contributed by atoms with Crippen LogP contribution in [0.1, 0.15) is 134 Å². The molecule has 38 heavy (non-hydrogen) atoms. The Morgan fingerprint density at radius 1 is 0.947 bits per heavy atom. The fourth-order valence-electron chi connectivity index (χ4n) is 6.47. The van der Waals surface area contributed by atoms with Gasteiger partial charge in [0.25, 0.3) is 0 Å². The van der Waals surface area contributed by atoms with Crippen LogP contribution in [0.2, 0.25) is 0 Å². The molecule has 2 aliphatic heterocycles. The monoisotopic (exact) mass is 527 g/mol. The number of rotatable bonds is 14. The van der Waals surface area contributed by atoms with Gasteiger partial charge in [-0.3, -0.25) is 0 Å². The second-order valence-corrected chi connectivity index (χ2v) is 13.5. The number of carbonyl (C=O) groups excluding carboxylic acids is 1. The molecule has 0 amide bonds. The van der Waals surface area contributed by atoms with Crippen LogP contribution in [0.15, 0.2) is 0 Å². The van der Waals surface area contributed by atoms with Crippen molar-refractivity contribution < 1.29 is 14.3 Å². The Bertz CT molecular complexity index is 917. The third-order valence-electron chi connectivity index (χ3n) is 9.39. The van der Waals surface area contributed by atoms with Gasteiger partial charge < -0.3 is 14.8 Å². The highest BCUT2D eigenvalue weighted by Gasteiger charge is 2.35. The maximum atomic E-state index is 12.7. The fraction of sp³-hybridized carbons (Fsp3) is 0.794. The third-order valence-corrected chi connectivity index (χ3v) is 9.39. The largest absolute Gasteiger partial charge is 0.487 e. The van der Waals surface area contributed by atoms with Crippen molar-refractivity contribution in [3.63, 3.8) is 0 Å². The maximum absolute atomic E-state index is 12.7. The Morgan fingerprint density at radius 2 is 1.58 bits per heavy atom. The Morgan fingerprint density at radius 3 is 2.18 bits per heavy atom. The summed E-state index contributed by atoms with van der Waals surface area (Å²) < 4.78 is 12.7. The third kappa shape index (κ3) is 8.47. The molecule has 1 N–H and O–H groups in total. The van der Waals surface area contributed by atoms with E-state index < -0.39 is 0 Å². The summed E-state index contributed by atoms with van der Waals surface area (Å²) in [5.41, 5.74) is 4.33. The highest BCUT2D eigenvalue weighted by Crippen LogP contribution is 2.45. The molecule has 0 saturated carbocycles. The molecule has 2 aliphatic rings. The molecule has 4 nitrogen and oxygen atoms in total. The Balaban J connectivity index is 1.48. The van der Waals surface area contributed by atoms with Crippen LogP contribution in [-0.2, 0) is 11.2 Å². The lowest BCUT2D eigenvalue weighted by Gasteiger charge is -2.38. The minimum absolute atomic E-state index is 0.118. The van der Waals surface area contributed by atoms with Gasteiger partial charge in [0.1, 0.15) is 23.1 Å². The molecule has 216 valence electrons. The zero-order valence-corrected chi connectivity index (χ0v) is 25.9. The molecule has 4 heteroatoms. The second kappa shape index (κ2) is 14.2. The first kappa shape index (κ1) is 31.0. The van der Waals surface area contributed by atoms with Gasteiger partial charge in [0.15, 0.2) is 0 Å². The molecule has 1 aromatic rings. The second-order valence-electron chi connectivity index (χ2n) is 13.5. The van der Waals surface area contributed by atoms with Crippen molar-refractivity contribution in [1.82, 2.24) is 5.32 Å². The summed E-state index contributed by atoms with van der Waals surface area (Å²) in [4.78, 5) is 12.7. The molecule has 2 heterocycles. The topological polar surface area (TPSA) is 47.6 Å². The molecule has 0 spiro atoms. The van der Waals surface area contributed by atoms with Crippen LogP contribution in [0.5, 0.6) is 11.5 Å². The number of hydrogen-bond acceptors (Lipinski definition) is 4. The van der Waals surface area contributed by atoms with Crippen molar-refractivity contribution >= 4 is 5.97 Å². The lowest BCUT2D eigenvalue weighted by Crippen LogP contribution is -2.37. The van der Waals surface area contributed by atoms with Gasteiger partial charge in [0.2, 0.25) is 0 Å². The molecule has 1 unspecified atom stereocenters. The Kier molecular flexibility index (Phi) is 11.6. The van der Waals surface area contributed by atoms with Crippen LogP contribution in [0, 0.1) is 38.5 Å². The van der Waals surface area contributed by atoms with Crippen molar-refractivity contribution in [1.29, 1.82) is 0 Å². The summed E-state index contributed by atoms with van der Waals surface area (Å²) in [5, 5.41) is 3.26. The minimum Gasteiger partial charge on any atom is -0.487 e. The molecule has 1 fully saturated rings. The first-order valence-corrected chi connectivity index (χ1v) is 15.8. The van der Waals surface area contributed by atoms with Crippen LogP contribution >= 0.6 is 0 Å². The number of ether oxygens (including phenoxy) is 2. The van der Waals surface area contributed by atoms with Gasteiger partial charge in [-0.1, -0.05) is 72.6 Å². The molecule has 4 atom stereocenters. The zero-order valence-electron chi connectivity index (χ0n) is 25.9. The molecule has 0 aromatic heterocycles. The van der Waals surface area contributed by atoms with Gasteiger partial charge in [0.05, 0.1) is 0 Å². The normalized spacial score (nSPS) is 22.7. The predicted octanol–water partition coefficient (Wildman–Crippen LogP) is 8.79. The molecule has 0 bridgehead atoms. The Hall–Kier alpha value is -1.55. The lowest BCUT2D eigenvalue weighted by molar-refractivity contribution is -0.136. The number of carbonyl (C=O) groups is 1. The minimum atomic E-state index is -0.176. The average Bonchev–Trinajstić information content (AvgIpc) is 3.40. The summed E-state index contributed by atoms with van der Waals surface area (Å²) in [7, 11) is 0. The molecule has 1 saturated heterocycles. The lowest BCUT2D eigenvalue weighted by atomic mass is 9.83. The summed E-state index contributed by atoms with van der Waals surface area (Å²) in [6.45, 7) is 19.0. The quantitative estimate of drug-likeness (QED) is 0.194. The van der Waals surface area contributed by atoms with Crippen LogP contribution < -0.4 is 14.8 Å². The van der Waals surface area contributed by atoms with Crippen molar-refractivity contribution in [2.75, 3.05) is 6.54 Å². The van der Waals surface area contributed by atoms with E-state index in [9.17, 15) is 4.79 Å². The number of benzene rings is 1. The summed E-state index contributed by atoms with van der Waals surface area (Å²) >= 11 is 0. The van der Waals surface area contributed by atoms with E-state index in [1.54, 1.807) is 0 Å². The average molecular weight is 528 g/mol. The smallest absolute Gasteiger partial charge is 0.328 e. The standard InChI is InChI=1S/C34H57NO3/c1-23(2)13-9-14-24(3)15-10-16-25(4)17-11-20-34(8)21-19-29-28(7)31(26(5)27(6)32(29)38-34)37-33(36)30-18-12-22-35-30/h23-25,30,35H,9-22H2,1-8H3/t24-,25-,30?,34-/m1/s1. The predicted molar refractivity (Wildman–Crippen MR) is 159 cm³/mol. The highest BCUT2D eigenvalue weighted by atomic mass is 16.5. The van der Waals surface area contributed by atoms with E-state index in [0.717, 1.165) is 84.6 Å². The van der Waals surface area contributed by atoms with Crippen LogP contribution in [0.4, 0.5) is 0 Å². The Labute approximate surface area is 234 Å². The number of esters is 1. The molecule has 0 radical (unpaired) electrons. The molecule has 3 rings (SSSR count).